The van der Waals surface area contributed by atoms with Crippen LogP contribution in [0.25, 0.3) is 0 Å². The van der Waals surface area contributed by atoms with Crippen LogP contribution >= 0.6 is 0 Å². The standard InChI is InChI=1S/C18H17FN2O7S/c1-27-17(23)11-7-12(18(24)28-2)9-15(8-11)29(25,26)20-10-16(22)21-14-5-3-13(19)4-6-14/h3-9,20H,10H2,1-2H3,(H,21,22). The number of rotatable bonds is 7. The molecule has 0 aliphatic carbocycles. The Hall–Kier alpha value is -3.31. The summed E-state index contributed by atoms with van der Waals surface area (Å²) in [4.78, 5) is 35.0. The summed E-state index contributed by atoms with van der Waals surface area (Å²) in [5.74, 6) is -2.92. The average molecular weight is 424 g/mol. The summed E-state index contributed by atoms with van der Waals surface area (Å²) in [6, 6.07) is 8.00. The number of carbonyl (C=O) groups excluding carboxylic acids is 3. The number of methoxy groups -OCH3 is 2. The third kappa shape index (κ3) is 5.83. The first-order chi connectivity index (χ1) is 13.7. The van der Waals surface area contributed by atoms with E-state index in [0.717, 1.165) is 44.6 Å². The van der Waals surface area contributed by atoms with E-state index in [2.05, 4.69) is 19.5 Å². The lowest BCUT2D eigenvalue weighted by molar-refractivity contribution is -0.115. The quantitative estimate of drug-likeness (QED) is 0.642. The van der Waals surface area contributed by atoms with Crippen molar-refractivity contribution in [1.29, 1.82) is 0 Å². The topological polar surface area (TPSA) is 128 Å². The molecule has 2 aromatic carbocycles. The number of halogens is 1. The van der Waals surface area contributed by atoms with E-state index < -0.39 is 45.1 Å². The molecule has 0 saturated carbocycles. The van der Waals surface area contributed by atoms with Crippen LogP contribution in [-0.2, 0) is 24.3 Å². The van der Waals surface area contributed by atoms with E-state index in [0.29, 0.717) is 0 Å². The highest BCUT2D eigenvalue weighted by Gasteiger charge is 2.21. The van der Waals surface area contributed by atoms with Crippen molar-refractivity contribution in [1.82, 2.24) is 4.72 Å². The van der Waals surface area contributed by atoms with Gasteiger partial charge in [-0.2, -0.15) is 0 Å². The normalized spacial score (nSPS) is 10.9. The fourth-order valence-electron chi connectivity index (χ4n) is 2.21. The van der Waals surface area contributed by atoms with Gasteiger partial charge in [-0.05, 0) is 42.5 Å². The molecule has 0 fully saturated rings. The SMILES string of the molecule is COC(=O)c1cc(C(=O)OC)cc(S(=O)(=O)NCC(=O)Nc2ccc(F)cc2)c1. The van der Waals surface area contributed by atoms with Gasteiger partial charge in [0.2, 0.25) is 15.9 Å². The van der Waals surface area contributed by atoms with Gasteiger partial charge in [0.05, 0.1) is 36.8 Å². The summed E-state index contributed by atoms with van der Waals surface area (Å²) in [7, 11) is -2.08. The number of ether oxygens (including phenoxy) is 2. The number of anilines is 1. The molecule has 29 heavy (non-hydrogen) atoms. The molecule has 0 heterocycles. The summed E-state index contributed by atoms with van der Waals surface area (Å²) in [6.07, 6.45) is 0. The zero-order chi connectivity index (χ0) is 21.6. The van der Waals surface area contributed by atoms with Gasteiger partial charge in [0.15, 0.2) is 0 Å². The fraction of sp³-hybridized carbons (Fsp3) is 0.167. The first-order valence-corrected chi connectivity index (χ1v) is 9.51. The van der Waals surface area contributed by atoms with E-state index in [9.17, 15) is 27.2 Å². The Morgan fingerprint density at radius 3 is 1.93 bits per heavy atom. The molecular weight excluding hydrogens is 407 g/mol. The maximum atomic E-state index is 12.9. The highest BCUT2D eigenvalue weighted by atomic mass is 32.2. The van der Waals surface area contributed by atoms with E-state index in [1.807, 2.05) is 0 Å². The molecule has 2 N–H and O–H groups in total. The second kappa shape index (κ2) is 9.26. The van der Waals surface area contributed by atoms with Crippen molar-refractivity contribution in [3.8, 4) is 0 Å². The van der Waals surface area contributed by atoms with Crippen LogP contribution in [0.2, 0.25) is 0 Å². The van der Waals surface area contributed by atoms with Crippen molar-refractivity contribution >= 4 is 33.6 Å². The van der Waals surface area contributed by atoms with E-state index in [4.69, 9.17) is 0 Å². The molecule has 0 aliphatic rings. The maximum absolute atomic E-state index is 12.9. The number of amides is 1. The molecule has 1 amide bonds. The number of sulfonamides is 1. The van der Waals surface area contributed by atoms with Crippen LogP contribution in [0.1, 0.15) is 20.7 Å². The fourth-order valence-corrected chi connectivity index (χ4v) is 3.26. The van der Waals surface area contributed by atoms with E-state index in [1.165, 1.54) is 12.1 Å². The summed E-state index contributed by atoms with van der Waals surface area (Å²) in [5.41, 5.74) is -0.102. The molecule has 0 saturated heterocycles. The largest absolute Gasteiger partial charge is 0.465 e. The molecule has 0 radical (unpaired) electrons. The van der Waals surface area contributed by atoms with Gasteiger partial charge in [-0.15, -0.1) is 0 Å². The van der Waals surface area contributed by atoms with Gasteiger partial charge in [-0.1, -0.05) is 0 Å². The molecule has 11 heteroatoms. The maximum Gasteiger partial charge on any atom is 0.337 e. The van der Waals surface area contributed by atoms with Gasteiger partial charge >= 0.3 is 11.9 Å². The third-order valence-corrected chi connectivity index (χ3v) is 4.99. The van der Waals surface area contributed by atoms with Crippen molar-refractivity contribution < 1.29 is 36.7 Å². The minimum absolute atomic E-state index is 0.188. The molecule has 0 aliphatic heterocycles. The molecule has 9 nitrogen and oxygen atoms in total. The minimum Gasteiger partial charge on any atom is -0.465 e. The summed E-state index contributed by atoms with van der Waals surface area (Å²) in [5, 5.41) is 2.39. The van der Waals surface area contributed by atoms with Gasteiger partial charge in [-0.3, -0.25) is 4.79 Å². The predicted octanol–water partition coefficient (Wildman–Crippen LogP) is 1.32. The molecule has 0 bridgehead atoms. The number of carbonyl (C=O) groups is 3. The third-order valence-electron chi connectivity index (χ3n) is 3.61. The van der Waals surface area contributed by atoms with Crippen molar-refractivity contribution in [3.63, 3.8) is 0 Å². The predicted molar refractivity (Wildman–Crippen MR) is 99.3 cm³/mol. The van der Waals surface area contributed by atoms with E-state index in [1.54, 1.807) is 0 Å². The lowest BCUT2D eigenvalue weighted by Crippen LogP contribution is -2.33. The first kappa shape index (κ1) is 22.0. The molecule has 0 aromatic heterocycles. The van der Waals surface area contributed by atoms with Gasteiger partial charge in [0.1, 0.15) is 5.82 Å². The molecule has 2 rings (SSSR count). The smallest absolute Gasteiger partial charge is 0.337 e. The van der Waals surface area contributed by atoms with Crippen molar-refractivity contribution in [2.24, 2.45) is 0 Å². The molecule has 0 spiro atoms. The lowest BCUT2D eigenvalue weighted by atomic mass is 10.1. The van der Waals surface area contributed by atoms with E-state index >= 15 is 0 Å². The molecule has 0 unspecified atom stereocenters. The van der Waals surface area contributed by atoms with Crippen molar-refractivity contribution in [3.05, 3.63) is 59.4 Å². The van der Waals surface area contributed by atoms with Crippen LogP contribution in [0.4, 0.5) is 10.1 Å². The Bertz CT molecular complexity index is 1000. The second-order valence-electron chi connectivity index (χ2n) is 5.61. The average Bonchev–Trinajstić information content (AvgIpc) is 2.72. The van der Waals surface area contributed by atoms with Crippen LogP contribution in [-0.4, -0.2) is 47.0 Å². The highest BCUT2D eigenvalue weighted by Crippen LogP contribution is 2.17. The molecule has 154 valence electrons. The Labute approximate surface area is 165 Å². The van der Waals surface area contributed by atoms with Crippen LogP contribution < -0.4 is 10.0 Å². The highest BCUT2D eigenvalue weighted by molar-refractivity contribution is 7.89. The number of nitrogens with one attached hydrogen (secondary N) is 2. The Kier molecular flexibility index (Phi) is 7.02. The Morgan fingerprint density at radius 1 is 0.931 bits per heavy atom. The summed E-state index contributed by atoms with van der Waals surface area (Å²) >= 11 is 0. The zero-order valence-corrected chi connectivity index (χ0v) is 16.2. The van der Waals surface area contributed by atoms with Gasteiger partial charge in [0, 0.05) is 5.69 Å². The summed E-state index contributed by atoms with van der Waals surface area (Å²) in [6.45, 7) is -0.643. The van der Waals surface area contributed by atoms with Crippen molar-refractivity contribution in [2.45, 2.75) is 4.90 Å². The molecule has 2 aromatic rings. The van der Waals surface area contributed by atoms with Gasteiger partial charge < -0.3 is 14.8 Å². The Balaban J connectivity index is 2.20. The monoisotopic (exact) mass is 424 g/mol. The van der Waals surface area contributed by atoms with Gasteiger partial charge in [-0.25, -0.2) is 27.1 Å². The van der Waals surface area contributed by atoms with Crippen molar-refractivity contribution in [2.75, 3.05) is 26.1 Å². The second-order valence-corrected chi connectivity index (χ2v) is 7.38. The Morgan fingerprint density at radius 2 is 1.45 bits per heavy atom. The van der Waals surface area contributed by atoms with Crippen LogP contribution in [0.5, 0.6) is 0 Å². The number of esters is 2. The van der Waals surface area contributed by atoms with Crippen LogP contribution in [0, 0.1) is 5.82 Å². The van der Waals surface area contributed by atoms with Gasteiger partial charge in [0.25, 0.3) is 0 Å². The number of hydrogen-bond donors (Lipinski definition) is 2. The molecular formula is C18H17FN2O7S. The number of benzene rings is 2. The first-order valence-electron chi connectivity index (χ1n) is 8.03. The number of hydrogen-bond acceptors (Lipinski definition) is 7. The van der Waals surface area contributed by atoms with Crippen LogP contribution in [0.3, 0.4) is 0 Å². The summed E-state index contributed by atoms with van der Waals surface area (Å²) < 4.78 is 49.1. The van der Waals surface area contributed by atoms with Crippen LogP contribution in [0.15, 0.2) is 47.4 Å². The zero-order valence-electron chi connectivity index (χ0n) is 15.4. The minimum atomic E-state index is -4.27. The van der Waals surface area contributed by atoms with E-state index in [-0.39, 0.29) is 16.8 Å². The lowest BCUT2D eigenvalue weighted by Gasteiger charge is -2.10. The molecule has 0 atom stereocenters.